The van der Waals surface area contributed by atoms with Gasteiger partial charge in [-0.2, -0.15) is 10.4 Å². The predicted octanol–water partition coefficient (Wildman–Crippen LogP) is 2.89. The minimum absolute atomic E-state index is 0.232. The Balaban J connectivity index is 2.51. The van der Waals surface area contributed by atoms with Gasteiger partial charge < -0.3 is 5.73 Å². The molecule has 2 rings (SSSR count). The lowest BCUT2D eigenvalue weighted by Gasteiger charge is -2.06. The van der Waals surface area contributed by atoms with Gasteiger partial charge in [-0.3, -0.25) is 0 Å². The molecule has 1 heterocycles. The summed E-state index contributed by atoms with van der Waals surface area (Å²) in [6, 6.07) is 9.72. The van der Waals surface area contributed by atoms with Crippen molar-refractivity contribution in [2.24, 2.45) is 0 Å². The van der Waals surface area contributed by atoms with E-state index < -0.39 is 0 Å². The van der Waals surface area contributed by atoms with Gasteiger partial charge in [0.1, 0.15) is 5.82 Å². The highest BCUT2D eigenvalue weighted by Gasteiger charge is 2.14. The molecule has 0 aliphatic heterocycles. The van der Waals surface area contributed by atoms with Crippen LogP contribution >= 0.6 is 0 Å². The Kier molecular flexibility index (Phi) is 3.07. The van der Waals surface area contributed by atoms with E-state index in [2.05, 4.69) is 11.2 Å². The maximum absolute atomic E-state index is 8.78. The normalized spacial score (nSPS) is 10.6. The summed E-state index contributed by atoms with van der Waals surface area (Å²) in [5, 5.41) is 13.3. The number of rotatable bonds is 2. The van der Waals surface area contributed by atoms with E-state index in [0.29, 0.717) is 11.4 Å². The van der Waals surface area contributed by atoms with Crippen molar-refractivity contribution < 1.29 is 0 Å². The van der Waals surface area contributed by atoms with Gasteiger partial charge in [0.2, 0.25) is 0 Å². The van der Waals surface area contributed by atoms with Crippen molar-refractivity contribution in [3.63, 3.8) is 0 Å². The lowest BCUT2D eigenvalue weighted by atomic mass is 10.1. The van der Waals surface area contributed by atoms with Crippen LogP contribution in [0.3, 0.4) is 0 Å². The number of nitrogen functional groups attached to an aromatic ring is 1. The van der Waals surface area contributed by atoms with Crippen LogP contribution in [0.15, 0.2) is 24.3 Å². The molecule has 92 valence electrons. The second-order valence-electron chi connectivity index (χ2n) is 4.59. The fourth-order valence-electron chi connectivity index (χ4n) is 1.90. The van der Waals surface area contributed by atoms with E-state index >= 15 is 0 Å². The third-order valence-corrected chi connectivity index (χ3v) is 2.97. The summed E-state index contributed by atoms with van der Waals surface area (Å²) in [4.78, 5) is 0. The fraction of sp³-hybridized carbons (Fsp3) is 0.286. The lowest BCUT2D eigenvalue weighted by molar-refractivity contribution is 0.542. The quantitative estimate of drug-likeness (QED) is 0.877. The number of hydrogen-bond acceptors (Lipinski definition) is 3. The highest BCUT2D eigenvalue weighted by Crippen LogP contribution is 2.28. The molecule has 0 atom stereocenters. The maximum atomic E-state index is 8.78. The number of benzene rings is 1. The molecule has 4 nitrogen and oxygen atoms in total. The Morgan fingerprint density at radius 2 is 1.89 bits per heavy atom. The Morgan fingerprint density at radius 3 is 2.33 bits per heavy atom. The van der Waals surface area contributed by atoms with Gasteiger partial charge in [0.05, 0.1) is 17.3 Å². The number of hydrogen-bond donors (Lipinski definition) is 1. The molecular formula is C14H16N4. The van der Waals surface area contributed by atoms with Crippen LogP contribution in [-0.4, -0.2) is 9.78 Å². The van der Waals surface area contributed by atoms with Crippen LogP contribution in [0.5, 0.6) is 0 Å². The average Bonchev–Trinajstić information content (AvgIpc) is 2.67. The minimum atomic E-state index is 0.232. The van der Waals surface area contributed by atoms with Crippen LogP contribution < -0.4 is 5.73 Å². The second-order valence-corrected chi connectivity index (χ2v) is 4.59. The third kappa shape index (κ3) is 1.95. The zero-order valence-corrected chi connectivity index (χ0v) is 10.8. The van der Waals surface area contributed by atoms with Gasteiger partial charge in [-0.15, -0.1) is 0 Å². The van der Waals surface area contributed by atoms with Crippen molar-refractivity contribution in [1.29, 1.82) is 5.26 Å². The maximum Gasteiger partial charge on any atom is 0.125 e. The van der Waals surface area contributed by atoms with Gasteiger partial charge in [-0.1, -0.05) is 12.1 Å². The third-order valence-electron chi connectivity index (χ3n) is 2.97. The fourth-order valence-corrected chi connectivity index (χ4v) is 1.90. The molecule has 0 spiro atoms. The molecule has 0 bridgehead atoms. The van der Waals surface area contributed by atoms with Crippen molar-refractivity contribution in [3.8, 4) is 17.3 Å². The summed E-state index contributed by atoms with van der Waals surface area (Å²) in [6.07, 6.45) is 0. The van der Waals surface area contributed by atoms with Gasteiger partial charge in [0.25, 0.3) is 0 Å². The monoisotopic (exact) mass is 240 g/mol. The van der Waals surface area contributed by atoms with E-state index in [1.807, 2.05) is 37.6 Å². The molecular weight excluding hydrogens is 224 g/mol. The van der Waals surface area contributed by atoms with E-state index in [0.717, 1.165) is 16.8 Å². The average molecular weight is 240 g/mol. The molecule has 18 heavy (non-hydrogen) atoms. The Bertz CT molecular complexity index is 600. The van der Waals surface area contributed by atoms with Crippen LogP contribution in [-0.2, 0) is 0 Å². The van der Waals surface area contributed by atoms with E-state index in [4.69, 9.17) is 11.0 Å². The minimum Gasteiger partial charge on any atom is -0.384 e. The van der Waals surface area contributed by atoms with Crippen molar-refractivity contribution in [1.82, 2.24) is 9.78 Å². The summed E-state index contributed by atoms with van der Waals surface area (Å²) in [5.41, 5.74) is 9.54. The lowest BCUT2D eigenvalue weighted by Crippen LogP contribution is -2.07. The largest absolute Gasteiger partial charge is 0.384 e. The summed E-state index contributed by atoms with van der Waals surface area (Å²) in [5.74, 6) is 0.698. The zero-order valence-electron chi connectivity index (χ0n) is 10.8. The molecule has 0 fully saturated rings. The molecule has 2 aromatic rings. The molecule has 0 saturated carbocycles. The highest BCUT2D eigenvalue weighted by molar-refractivity contribution is 5.68. The molecule has 0 aliphatic rings. The van der Waals surface area contributed by atoms with Crippen molar-refractivity contribution >= 4 is 5.82 Å². The van der Waals surface area contributed by atoms with E-state index in [9.17, 15) is 0 Å². The van der Waals surface area contributed by atoms with E-state index in [1.54, 1.807) is 12.1 Å². The molecule has 4 heteroatoms. The summed E-state index contributed by atoms with van der Waals surface area (Å²) >= 11 is 0. The first kappa shape index (κ1) is 12.2. The van der Waals surface area contributed by atoms with Crippen LogP contribution in [0.2, 0.25) is 0 Å². The molecule has 1 aromatic carbocycles. The van der Waals surface area contributed by atoms with E-state index in [-0.39, 0.29) is 6.04 Å². The number of nitriles is 1. The van der Waals surface area contributed by atoms with Crippen molar-refractivity contribution in [2.75, 3.05) is 5.73 Å². The van der Waals surface area contributed by atoms with Gasteiger partial charge in [-0.25, -0.2) is 4.68 Å². The number of aromatic nitrogens is 2. The number of nitrogens with two attached hydrogens (primary N) is 1. The summed E-state index contributed by atoms with van der Waals surface area (Å²) in [7, 11) is 0. The first-order valence-corrected chi connectivity index (χ1v) is 5.89. The standard InChI is InChI=1S/C14H16N4/c1-9(2)18-14(16)10(3)13(17-18)12-6-4-11(8-15)5-7-12/h4-7,9H,16H2,1-3H3. The molecule has 0 unspecified atom stereocenters. The summed E-state index contributed by atoms with van der Waals surface area (Å²) in [6.45, 7) is 6.06. The number of anilines is 1. The molecule has 0 amide bonds. The van der Waals surface area contributed by atoms with Gasteiger partial charge in [0.15, 0.2) is 0 Å². The Hall–Kier alpha value is -2.28. The molecule has 2 N–H and O–H groups in total. The highest BCUT2D eigenvalue weighted by atomic mass is 15.3. The Morgan fingerprint density at radius 1 is 1.28 bits per heavy atom. The van der Waals surface area contributed by atoms with Gasteiger partial charge >= 0.3 is 0 Å². The van der Waals surface area contributed by atoms with Crippen LogP contribution in [0.4, 0.5) is 5.82 Å². The molecule has 0 radical (unpaired) electrons. The van der Waals surface area contributed by atoms with Crippen molar-refractivity contribution in [3.05, 3.63) is 35.4 Å². The SMILES string of the molecule is Cc1c(-c2ccc(C#N)cc2)nn(C(C)C)c1N. The Labute approximate surface area is 107 Å². The van der Waals surface area contributed by atoms with Crippen LogP contribution in [0.25, 0.3) is 11.3 Å². The van der Waals surface area contributed by atoms with Crippen LogP contribution in [0, 0.1) is 18.3 Å². The first-order chi connectivity index (χ1) is 8.54. The molecule has 0 saturated heterocycles. The van der Waals surface area contributed by atoms with Gasteiger partial charge in [-0.05, 0) is 32.9 Å². The first-order valence-electron chi connectivity index (χ1n) is 5.89. The topological polar surface area (TPSA) is 67.6 Å². The van der Waals surface area contributed by atoms with Crippen molar-refractivity contribution in [2.45, 2.75) is 26.8 Å². The van der Waals surface area contributed by atoms with E-state index in [1.165, 1.54) is 0 Å². The van der Waals surface area contributed by atoms with Crippen LogP contribution in [0.1, 0.15) is 31.0 Å². The zero-order chi connectivity index (χ0) is 13.3. The summed E-state index contributed by atoms with van der Waals surface area (Å²) < 4.78 is 1.82. The second kappa shape index (κ2) is 4.53. The molecule has 1 aromatic heterocycles. The smallest absolute Gasteiger partial charge is 0.125 e. The molecule has 0 aliphatic carbocycles. The predicted molar refractivity (Wildman–Crippen MR) is 71.9 cm³/mol. The number of nitrogens with zero attached hydrogens (tertiary/aromatic N) is 3. The van der Waals surface area contributed by atoms with Gasteiger partial charge in [0, 0.05) is 17.2 Å².